The second-order valence-electron chi connectivity index (χ2n) is 5.01. The van der Waals surface area contributed by atoms with Crippen LogP contribution in [0.15, 0.2) is 40.3 Å². The third-order valence-corrected chi connectivity index (χ3v) is 5.26. The number of hydrogen-bond donors (Lipinski definition) is 0. The Bertz CT molecular complexity index is 566. The Labute approximate surface area is 109 Å². The maximum absolute atomic E-state index is 12.4. The molecular formula is C14H19NO2S. The normalized spacial score (nSPS) is 17.2. The van der Waals surface area contributed by atoms with Crippen LogP contribution in [0.3, 0.4) is 0 Å². The van der Waals surface area contributed by atoms with Gasteiger partial charge in [0.15, 0.2) is 0 Å². The lowest BCUT2D eigenvalue weighted by Gasteiger charge is -2.15. The summed E-state index contributed by atoms with van der Waals surface area (Å²) >= 11 is 0. The summed E-state index contributed by atoms with van der Waals surface area (Å²) in [6, 6.07) is 7.05. The zero-order valence-electron chi connectivity index (χ0n) is 11.1. The number of nitrogens with zero attached hydrogens (tertiary/aromatic N) is 1. The summed E-state index contributed by atoms with van der Waals surface area (Å²) < 4.78 is 26.4. The minimum absolute atomic E-state index is 0.392. The van der Waals surface area contributed by atoms with Crippen LogP contribution in [0.1, 0.15) is 25.8 Å². The molecule has 0 spiro atoms. The van der Waals surface area contributed by atoms with Gasteiger partial charge in [0.05, 0.1) is 4.90 Å². The Hall–Kier alpha value is -1.13. The number of hydrogen-bond acceptors (Lipinski definition) is 2. The molecule has 98 valence electrons. The molecule has 1 heterocycles. The van der Waals surface area contributed by atoms with Crippen molar-refractivity contribution in [3.63, 3.8) is 0 Å². The van der Waals surface area contributed by atoms with Crippen molar-refractivity contribution in [2.45, 2.75) is 32.1 Å². The first kappa shape index (κ1) is 13.3. The molecule has 1 aromatic carbocycles. The maximum Gasteiger partial charge on any atom is 0.243 e. The molecule has 0 atom stereocenters. The van der Waals surface area contributed by atoms with Crippen LogP contribution in [0.5, 0.6) is 0 Å². The zero-order valence-corrected chi connectivity index (χ0v) is 11.9. The zero-order chi connectivity index (χ0) is 13.3. The average molecular weight is 265 g/mol. The van der Waals surface area contributed by atoms with E-state index >= 15 is 0 Å². The predicted molar refractivity (Wildman–Crippen MR) is 72.9 cm³/mol. The second-order valence-corrected chi connectivity index (χ2v) is 6.94. The molecule has 1 fully saturated rings. The molecule has 0 unspecified atom stereocenters. The molecular weight excluding hydrogens is 246 g/mol. The SMILES string of the molecule is CC(C)=C1CCN(S(=O)(=O)c2ccc(C)cc2)C1. The van der Waals surface area contributed by atoms with Crippen molar-refractivity contribution in [2.24, 2.45) is 0 Å². The van der Waals surface area contributed by atoms with Crippen molar-refractivity contribution in [2.75, 3.05) is 13.1 Å². The van der Waals surface area contributed by atoms with Gasteiger partial charge in [-0.05, 0) is 39.3 Å². The Kier molecular flexibility index (Phi) is 3.59. The lowest BCUT2D eigenvalue weighted by Crippen LogP contribution is -2.28. The van der Waals surface area contributed by atoms with Gasteiger partial charge < -0.3 is 0 Å². The van der Waals surface area contributed by atoms with E-state index in [2.05, 4.69) is 0 Å². The Morgan fingerprint density at radius 2 is 1.78 bits per heavy atom. The van der Waals surface area contributed by atoms with Crippen LogP contribution >= 0.6 is 0 Å². The fourth-order valence-electron chi connectivity index (χ4n) is 2.10. The van der Waals surface area contributed by atoms with Crippen LogP contribution in [0.4, 0.5) is 0 Å². The van der Waals surface area contributed by atoms with Crippen LogP contribution in [0.25, 0.3) is 0 Å². The monoisotopic (exact) mass is 265 g/mol. The Balaban J connectivity index is 2.28. The maximum atomic E-state index is 12.4. The summed E-state index contributed by atoms with van der Waals surface area (Å²) in [6.45, 7) is 7.16. The van der Waals surface area contributed by atoms with Gasteiger partial charge in [-0.3, -0.25) is 0 Å². The second kappa shape index (κ2) is 4.86. The van der Waals surface area contributed by atoms with Gasteiger partial charge in [-0.25, -0.2) is 8.42 Å². The van der Waals surface area contributed by atoms with Crippen molar-refractivity contribution >= 4 is 10.0 Å². The molecule has 1 aromatic rings. The van der Waals surface area contributed by atoms with E-state index in [-0.39, 0.29) is 0 Å². The van der Waals surface area contributed by atoms with Crippen molar-refractivity contribution < 1.29 is 8.42 Å². The molecule has 0 bridgehead atoms. The van der Waals surface area contributed by atoms with Crippen molar-refractivity contribution in [1.82, 2.24) is 4.31 Å². The van der Waals surface area contributed by atoms with E-state index in [0.29, 0.717) is 18.0 Å². The molecule has 0 N–H and O–H groups in total. The van der Waals surface area contributed by atoms with Crippen LogP contribution in [-0.2, 0) is 10.0 Å². The van der Waals surface area contributed by atoms with Crippen LogP contribution in [0, 0.1) is 6.92 Å². The van der Waals surface area contributed by atoms with E-state index in [1.54, 1.807) is 16.4 Å². The van der Waals surface area contributed by atoms with Gasteiger partial charge in [-0.15, -0.1) is 0 Å². The molecule has 0 aromatic heterocycles. The van der Waals surface area contributed by atoms with Crippen molar-refractivity contribution in [3.8, 4) is 0 Å². The lowest BCUT2D eigenvalue weighted by atomic mass is 10.1. The summed E-state index contributed by atoms with van der Waals surface area (Å²) in [5.74, 6) is 0. The quantitative estimate of drug-likeness (QED) is 0.771. The van der Waals surface area contributed by atoms with Crippen LogP contribution < -0.4 is 0 Å². The molecule has 0 aliphatic carbocycles. The molecule has 4 heteroatoms. The fourth-order valence-corrected chi connectivity index (χ4v) is 3.54. The third-order valence-electron chi connectivity index (χ3n) is 3.40. The minimum atomic E-state index is -3.32. The van der Waals surface area contributed by atoms with Crippen LogP contribution in [-0.4, -0.2) is 25.8 Å². The molecule has 0 saturated carbocycles. The highest BCUT2D eigenvalue weighted by Gasteiger charge is 2.29. The van der Waals surface area contributed by atoms with Gasteiger partial charge in [0.2, 0.25) is 10.0 Å². The number of allylic oxidation sites excluding steroid dienone is 1. The van der Waals surface area contributed by atoms with Gasteiger partial charge in [0, 0.05) is 13.1 Å². The first-order valence-electron chi connectivity index (χ1n) is 6.13. The molecule has 0 radical (unpaired) electrons. The summed E-state index contributed by atoms with van der Waals surface area (Å²) in [5, 5.41) is 0. The summed E-state index contributed by atoms with van der Waals surface area (Å²) in [6.07, 6.45) is 0.855. The number of sulfonamides is 1. The van der Waals surface area contributed by atoms with Gasteiger partial charge in [-0.1, -0.05) is 28.8 Å². The van der Waals surface area contributed by atoms with E-state index < -0.39 is 10.0 Å². The van der Waals surface area contributed by atoms with Crippen LogP contribution in [0.2, 0.25) is 0 Å². The average Bonchev–Trinajstić information content (AvgIpc) is 2.79. The summed E-state index contributed by atoms with van der Waals surface area (Å²) in [7, 11) is -3.32. The predicted octanol–water partition coefficient (Wildman–Crippen LogP) is 2.73. The number of aryl methyl sites for hydroxylation is 1. The highest BCUT2D eigenvalue weighted by Crippen LogP contribution is 2.25. The summed E-state index contributed by atoms with van der Waals surface area (Å²) in [5.41, 5.74) is 3.54. The third kappa shape index (κ3) is 2.49. The van der Waals surface area contributed by atoms with E-state index in [1.165, 1.54) is 11.1 Å². The van der Waals surface area contributed by atoms with Gasteiger partial charge >= 0.3 is 0 Å². The Morgan fingerprint density at radius 1 is 1.17 bits per heavy atom. The molecule has 1 saturated heterocycles. The number of rotatable bonds is 2. The highest BCUT2D eigenvalue weighted by molar-refractivity contribution is 7.89. The summed E-state index contributed by atoms with van der Waals surface area (Å²) in [4.78, 5) is 0.392. The van der Waals surface area contributed by atoms with E-state index in [9.17, 15) is 8.42 Å². The smallest absolute Gasteiger partial charge is 0.207 e. The standard InChI is InChI=1S/C14H19NO2S/c1-11(2)13-8-9-15(10-13)18(16,17)14-6-4-12(3)5-7-14/h4-7H,8-10H2,1-3H3. The lowest BCUT2D eigenvalue weighted by molar-refractivity contribution is 0.481. The van der Waals surface area contributed by atoms with Gasteiger partial charge in [-0.2, -0.15) is 4.31 Å². The molecule has 1 aliphatic rings. The first-order chi connectivity index (χ1) is 8.41. The van der Waals surface area contributed by atoms with Gasteiger partial charge in [0.1, 0.15) is 0 Å². The molecule has 2 rings (SSSR count). The molecule has 1 aliphatic heterocycles. The van der Waals surface area contributed by atoms with E-state index in [0.717, 1.165) is 12.0 Å². The molecule has 0 amide bonds. The Morgan fingerprint density at radius 3 is 2.28 bits per heavy atom. The van der Waals surface area contributed by atoms with E-state index in [4.69, 9.17) is 0 Å². The molecule has 3 nitrogen and oxygen atoms in total. The fraction of sp³-hybridized carbons (Fsp3) is 0.429. The first-order valence-corrected chi connectivity index (χ1v) is 7.57. The number of benzene rings is 1. The van der Waals surface area contributed by atoms with E-state index in [1.807, 2.05) is 32.9 Å². The largest absolute Gasteiger partial charge is 0.243 e. The minimum Gasteiger partial charge on any atom is -0.207 e. The van der Waals surface area contributed by atoms with Crippen molar-refractivity contribution in [3.05, 3.63) is 41.0 Å². The van der Waals surface area contributed by atoms with Crippen molar-refractivity contribution in [1.29, 1.82) is 0 Å². The van der Waals surface area contributed by atoms with Gasteiger partial charge in [0.25, 0.3) is 0 Å². The topological polar surface area (TPSA) is 37.4 Å². The molecule has 18 heavy (non-hydrogen) atoms. The highest BCUT2D eigenvalue weighted by atomic mass is 32.2.